The average Bonchev–Trinajstić information content (AvgIpc) is 2.49. The summed E-state index contributed by atoms with van der Waals surface area (Å²) < 4.78 is 0. The van der Waals surface area contributed by atoms with Gasteiger partial charge in [0, 0.05) is 11.7 Å². The van der Waals surface area contributed by atoms with Crippen molar-refractivity contribution in [2.24, 2.45) is 0 Å². The number of aromatic nitrogens is 2. The van der Waals surface area contributed by atoms with Crippen LogP contribution in [0.5, 0.6) is 0 Å². The van der Waals surface area contributed by atoms with Crippen molar-refractivity contribution in [3.8, 4) is 0 Å². The molecule has 0 amide bonds. The molecule has 1 heterocycles. The van der Waals surface area contributed by atoms with Gasteiger partial charge < -0.3 is 10.6 Å². The molecule has 7 nitrogen and oxygen atoms in total. The molecule has 1 aromatic carbocycles. The molecule has 22 heavy (non-hydrogen) atoms. The maximum absolute atomic E-state index is 11.4. The highest BCUT2D eigenvalue weighted by molar-refractivity contribution is 5.74. The van der Waals surface area contributed by atoms with E-state index in [1.165, 1.54) is 6.33 Å². The minimum Gasteiger partial charge on any atom is -0.362 e. The quantitative estimate of drug-likeness (QED) is 0.625. The van der Waals surface area contributed by atoms with E-state index in [0.29, 0.717) is 0 Å². The Bertz CT molecular complexity index is 675. The molecular formula is C15H19N5O2. The standard InChI is InChI=1S/C15H19N5O2/c1-4-11(3)18-14-13(20(21)22)15(17-9-16-14)19-12-8-6-5-7-10(12)2/h5-9,11H,4H2,1-3H3,(H2,16,17,18,19). The number of hydrogen-bond acceptors (Lipinski definition) is 6. The van der Waals surface area contributed by atoms with Crippen LogP contribution in [-0.4, -0.2) is 20.9 Å². The fourth-order valence-electron chi connectivity index (χ4n) is 1.92. The zero-order valence-electron chi connectivity index (χ0n) is 12.8. The minimum atomic E-state index is -0.467. The van der Waals surface area contributed by atoms with E-state index in [1.807, 2.05) is 45.0 Å². The summed E-state index contributed by atoms with van der Waals surface area (Å²) in [7, 11) is 0. The summed E-state index contributed by atoms with van der Waals surface area (Å²) >= 11 is 0. The molecule has 0 aliphatic heterocycles. The van der Waals surface area contributed by atoms with Crippen molar-refractivity contribution in [2.75, 3.05) is 10.6 Å². The van der Waals surface area contributed by atoms with Crippen LogP contribution < -0.4 is 10.6 Å². The molecule has 1 unspecified atom stereocenters. The van der Waals surface area contributed by atoms with Gasteiger partial charge in [-0.2, -0.15) is 0 Å². The molecule has 7 heteroatoms. The maximum Gasteiger partial charge on any atom is 0.353 e. The van der Waals surface area contributed by atoms with Crippen LogP contribution in [0.3, 0.4) is 0 Å². The lowest BCUT2D eigenvalue weighted by Gasteiger charge is -2.14. The Balaban J connectivity index is 2.41. The number of aryl methyl sites for hydroxylation is 1. The first-order valence-electron chi connectivity index (χ1n) is 7.11. The van der Waals surface area contributed by atoms with Gasteiger partial charge in [-0.3, -0.25) is 10.1 Å². The summed E-state index contributed by atoms with van der Waals surface area (Å²) in [5.74, 6) is 0.408. The van der Waals surface area contributed by atoms with E-state index in [2.05, 4.69) is 20.6 Å². The number of hydrogen-bond donors (Lipinski definition) is 2. The smallest absolute Gasteiger partial charge is 0.353 e. The Kier molecular flexibility index (Phi) is 4.88. The highest BCUT2D eigenvalue weighted by atomic mass is 16.6. The molecule has 0 radical (unpaired) electrons. The van der Waals surface area contributed by atoms with Crippen molar-refractivity contribution in [2.45, 2.75) is 33.2 Å². The molecule has 0 aliphatic rings. The van der Waals surface area contributed by atoms with Gasteiger partial charge in [0.05, 0.1) is 4.92 Å². The van der Waals surface area contributed by atoms with Gasteiger partial charge in [0.2, 0.25) is 11.6 Å². The predicted molar refractivity (Wildman–Crippen MR) is 86.5 cm³/mol. The van der Waals surface area contributed by atoms with E-state index in [4.69, 9.17) is 0 Å². The first kappa shape index (κ1) is 15.7. The Labute approximate surface area is 129 Å². The molecule has 0 aliphatic carbocycles. The molecule has 2 rings (SSSR count). The number of nitrogens with one attached hydrogen (secondary N) is 2. The highest BCUT2D eigenvalue weighted by Crippen LogP contribution is 2.32. The number of benzene rings is 1. The van der Waals surface area contributed by atoms with Crippen molar-refractivity contribution < 1.29 is 4.92 Å². The normalized spacial score (nSPS) is 11.8. The average molecular weight is 301 g/mol. The number of rotatable bonds is 6. The molecule has 0 saturated heterocycles. The molecule has 0 spiro atoms. The van der Waals surface area contributed by atoms with E-state index >= 15 is 0 Å². The van der Waals surface area contributed by atoms with Crippen LogP contribution in [-0.2, 0) is 0 Å². The van der Waals surface area contributed by atoms with Crippen molar-refractivity contribution in [3.05, 3.63) is 46.3 Å². The summed E-state index contributed by atoms with van der Waals surface area (Å²) in [4.78, 5) is 19.0. The van der Waals surface area contributed by atoms with Crippen molar-refractivity contribution >= 4 is 23.0 Å². The van der Waals surface area contributed by atoms with Crippen molar-refractivity contribution in [1.82, 2.24) is 9.97 Å². The topological polar surface area (TPSA) is 93.0 Å². The second-order valence-electron chi connectivity index (χ2n) is 5.07. The molecule has 2 N–H and O–H groups in total. The molecule has 0 fully saturated rings. The minimum absolute atomic E-state index is 0.0833. The van der Waals surface area contributed by atoms with Gasteiger partial charge >= 0.3 is 5.69 Å². The summed E-state index contributed by atoms with van der Waals surface area (Å²) in [6, 6.07) is 7.63. The van der Waals surface area contributed by atoms with Gasteiger partial charge in [0.25, 0.3) is 0 Å². The van der Waals surface area contributed by atoms with Crippen molar-refractivity contribution in [1.29, 1.82) is 0 Å². The Morgan fingerprint density at radius 1 is 1.27 bits per heavy atom. The Hall–Kier alpha value is -2.70. The third-order valence-corrected chi connectivity index (χ3v) is 3.40. The summed E-state index contributed by atoms with van der Waals surface area (Å²) in [5, 5.41) is 17.5. The monoisotopic (exact) mass is 301 g/mol. The van der Waals surface area contributed by atoms with Gasteiger partial charge in [-0.15, -0.1) is 0 Å². The van der Waals surface area contributed by atoms with Crippen LogP contribution in [0.4, 0.5) is 23.0 Å². The fraction of sp³-hybridized carbons (Fsp3) is 0.333. The number of anilines is 3. The van der Waals surface area contributed by atoms with Gasteiger partial charge in [-0.25, -0.2) is 9.97 Å². The molecule has 2 aromatic rings. The molecule has 1 aromatic heterocycles. The zero-order valence-corrected chi connectivity index (χ0v) is 12.8. The summed E-state index contributed by atoms with van der Waals surface area (Å²) in [5.41, 5.74) is 1.61. The van der Waals surface area contributed by atoms with Gasteiger partial charge in [0.15, 0.2) is 0 Å². The van der Waals surface area contributed by atoms with E-state index in [0.717, 1.165) is 17.7 Å². The van der Waals surface area contributed by atoms with Crippen LogP contribution in [0.15, 0.2) is 30.6 Å². The van der Waals surface area contributed by atoms with Gasteiger partial charge in [0.1, 0.15) is 6.33 Å². The molecule has 1 atom stereocenters. The lowest BCUT2D eigenvalue weighted by atomic mass is 10.2. The predicted octanol–water partition coefficient (Wildman–Crippen LogP) is 3.65. The third-order valence-electron chi connectivity index (χ3n) is 3.40. The SMILES string of the molecule is CCC(C)Nc1ncnc(Nc2ccccc2C)c1[N+](=O)[O-]. The van der Waals surface area contributed by atoms with Crippen molar-refractivity contribution in [3.63, 3.8) is 0 Å². The lowest BCUT2D eigenvalue weighted by Crippen LogP contribution is -2.16. The zero-order chi connectivity index (χ0) is 16.1. The lowest BCUT2D eigenvalue weighted by molar-refractivity contribution is -0.383. The van der Waals surface area contributed by atoms with Crippen LogP contribution in [0.25, 0.3) is 0 Å². The van der Waals surface area contributed by atoms with Gasteiger partial charge in [-0.1, -0.05) is 25.1 Å². The third kappa shape index (κ3) is 3.49. The van der Waals surface area contributed by atoms with Crippen LogP contribution >= 0.6 is 0 Å². The maximum atomic E-state index is 11.4. The first-order chi connectivity index (χ1) is 10.5. The second-order valence-corrected chi connectivity index (χ2v) is 5.07. The first-order valence-corrected chi connectivity index (χ1v) is 7.11. The van der Waals surface area contributed by atoms with E-state index in [-0.39, 0.29) is 23.4 Å². The molecule has 0 saturated carbocycles. The summed E-state index contributed by atoms with van der Waals surface area (Å²) in [6.07, 6.45) is 2.15. The fourth-order valence-corrected chi connectivity index (χ4v) is 1.92. The van der Waals surface area contributed by atoms with Crippen LogP contribution in [0.1, 0.15) is 25.8 Å². The van der Waals surface area contributed by atoms with E-state index in [1.54, 1.807) is 0 Å². The Morgan fingerprint density at radius 2 is 1.95 bits per heavy atom. The number of para-hydroxylation sites is 1. The second kappa shape index (κ2) is 6.84. The number of nitrogens with zero attached hydrogens (tertiary/aromatic N) is 3. The number of nitro groups is 1. The highest BCUT2D eigenvalue weighted by Gasteiger charge is 2.24. The van der Waals surface area contributed by atoms with E-state index < -0.39 is 4.92 Å². The van der Waals surface area contributed by atoms with Crippen LogP contribution in [0, 0.1) is 17.0 Å². The Morgan fingerprint density at radius 3 is 2.59 bits per heavy atom. The summed E-state index contributed by atoms with van der Waals surface area (Å²) in [6.45, 7) is 5.87. The van der Waals surface area contributed by atoms with E-state index in [9.17, 15) is 10.1 Å². The van der Waals surface area contributed by atoms with Crippen LogP contribution in [0.2, 0.25) is 0 Å². The molecular weight excluding hydrogens is 282 g/mol. The molecule has 0 bridgehead atoms. The van der Waals surface area contributed by atoms with Gasteiger partial charge in [-0.05, 0) is 31.9 Å². The molecule has 116 valence electrons. The largest absolute Gasteiger partial charge is 0.362 e.